The van der Waals surface area contributed by atoms with Crippen LogP contribution >= 0.6 is 11.3 Å². The molecule has 2 rings (SSSR count). The number of benzene rings is 1. The Kier molecular flexibility index (Phi) is 2.75. The molecule has 0 radical (unpaired) electrons. The Morgan fingerprint density at radius 2 is 2.19 bits per heavy atom. The van der Waals surface area contributed by atoms with Crippen LogP contribution in [0.2, 0.25) is 0 Å². The Bertz CT molecular complexity index is 546. The van der Waals surface area contributed by atoms with Crippen LogP contribution in [0.3, 0.4) is 0 Å². The molecular weight excluding hydrogens is 227 g/mol. The van der Waals surface area contributed by atoms with Crippen LogP contribution in [-0.4, -0.2) is 11.1 Å². The smallest absolute Gasteiger partial charge is 0.336 e. The van der Waals surface area contributed by atoms with Crippen molar-refractivity contribution in [2.45, 2.75) is 6.92 Å². The molecule has 0 bridgehead atoms. The van der Waals surface area contributed by atoms with Gasteiger partial charge in [0.05, 0.1) is 5.56 Å². The van der Waals surface area contributed by atoms with Gasteiger partial charge in [-0.1, -0.05) is 18.2 Å². The molecule has 82 valence electrons. The molecule has 16 heavy (non-hydrogen) atoms. The van der Waals surface area contributed by atoms with Gasteiger partial charge in [-0.15, -0.1) is 11.3 Å². The molecule has 0 aliphatic heterocycles. The largest absolute Gasteiger partial charge is 0.478 e. The molecule has 1 heterocycles. The molecule has 0 fully saturated rings. The molecule has 0 aliphatic carbocycles. The molecular formula is C12H9FO2S. The summed E-state index contributed by atoms with van der Waals surface area (Å²) in [7, 11) is 0. The minimum atomic E-state index is -0.990. The summed E-state index contributed by atoms with van der Waals surface area (Å²) in [6.45, 7) is 1.69. The van der Waals surface area contributed by atoms with Gasteiger partial charge in [-0.05, 0) is 18.6 Å². The lowest BCUT2D eigenvalue weighted by molar-refractivity contribution is 0.0697. The maximum atomic E-state index is 13.8. The fraction of sp³-hybridized carbons (Fsp3) is 0.0833. The van der Waals surface area contributed by atoms with E-state index in [4.69, 9.17) is 5.11 Å². The number of carboxylic acid groups (broad SMARTS) is 1. The van der Waals surface area contributed by atoms with E-state index < -0.39 is 5.97 Å². The molecule has 0 spiro atoms. The van der Waals surface area contributed by atoms with Gasteiger partial charge in [-0.3, -0.25) is 0 Å². The van der Waals surface area contributed by atoms with E-state index in [-0.39, 0.29) is 11.4 Å². The lowest BCUT2D eigenvalue weighted by Gasteiger charge is -2.02. The first kappa shape index (κ1) is 10.8. The van der Waals surface area contributed by atoms with Crippen LogP contribution in [0.25, 0.3) is 10.4 Å². The lowest BCUT2D eigenvalue weighted by Crippen LogP contribution is -1.92. The molecule has 2 nitrogen and oxygen atoms in total. The number of thiophene rings is 1. The molecule has 1 aromatic carbocycles. The third kappa shape index (κ3) is 1.84. The second-order valence-electron chi connectivity index (χ2n) is 3.44. The highest BCUT2D eigenvalue weighted by Crippen LogP contribution is 2.30. The highest BCUT2D eigenvalue weighted by Gasteiger charge is 2.12. The van der Waals surface area contributed by atoms with E-state index in [0.29, 0.717) is 16.0 Å². The molecule has 0 unspecified atom stereocenters. The number of hydrogen-bond donors (Lipinski definition) is 1. The molecule has 0 amide bonds. The summed E-state index contributed by atoms with van der Waals surface area (Å²) in [6.07, 6.45) is 0. The maximum Gasteiger partial charge on any atom is 0.336 e. The standard InChI is InChI=1S/C12H9FO2S/c1-7-3-2-4-9(11(7)13)10-5-8(6-16-10)12(14)15/h2-6H,1H3,(H,14,15). The Hall–Kier alpha value is -1.68. The Morgan fingerprint density at radius 3 is 2.81 bits per heavy atom. The van der Waals surface area contributed by atoms with Gasteiger partial charge in [-0.25, -0.2) is 9.18 Å². The maximum absolute atomic E-state index is 13.8. The van der Waals surface area contributed by atoms with Crippen molar-refractivity contribution in [2.75, 3.05) is 0 Å². The minimum Gasteiger partial charge on any atom is -0.478 e. The highest BCUT2D eigenvalue weighted by molar-refractivity contribution is 7.13. The predicted molar refractivity (Wildman–Crippen MR) is 61.4 cm³/mol. The number of carbonyl (C=O) groups is 1. The third-order valence-electron chi connectivity index (χ3n) is 2.30. The van der Waals surface area contributed by atoms with E-state index >= 15 is 0 Å². The van der Waals surface area contributed by atoms with Crippen molar-refractivity contribution >= 4 is 17.3 Å². The van der Waals surface area contributed by atoms with Crippen LogP contribution in [0.15, 0.2) is 29.6 Å². The number of aromatic carboxylic acids is 1. The minimum absolute atomic E-state index is 0.195. The first-order chi connectivity index (χ1) is 7.59. The topological polar surface area (TPSA) is 37.3 Å². The van der Waals surface area contributed by atoms with Gasteiger partial charge in [0.25, 0.3) is 0 Å². The van der Waals surface area contributed by atoms with Crippen molar-refractivity contribution in [3.8, 4) is 10.4 Å². The summed E-state index contributed by atoms with van der Waals surface area (Å²) in [4.78, 5) is 11.3. The Morgan fingerprint density at radius 1 is 1.44 bits per heavy atom. The van der Waals surface area contributed by atoms with E-state index in [9.17, 15) is 9.18 Å². The molecule has 4 heteroatoms. The van der Waals surface area contributed by atoms with Crippen molar-refractivity contribution in [1.29, 1.82) is 0 Å². The molecule has 2 aromatic rings. The zero-order chi connectivity index (χ0) is 11.7. The predicted octanol–water partition coefficient (Wildman–Crippen LogP) is 3.56. The molecule has 0 saturated heterocycles. The van der Waals surface area contributed by atoms with Gasteiger partial charge in [-0.2, -0.15) is 0 Å². The average molecular weight is 236 g/mol. The van der Waals surface area contributed by atoms with Gasteiger partial charge < -0.3 is 5.11 Å². The number of carboxylic acids is 1. The van der Waals surface area contributed by atoms with E-state index in [2.05, 4.69) is 0 Å². The zero-order valence-electron chi connectivity index (χ0n) is 8.53. The third-order valence-corrected chi connectivity index (χ3v) is 3.27. The summed E-state index contributed by atoms with van der Waals surface area (Å²) in [5.74, 6) is -1.28. The summed E-state index contributed by atoms with van der Waals surface area (Å²) in [5, 5.41) is 10.3. The van der Waals surface area contributed by atoms with Gasteiger partial charge in [0.1, 0.15) is 5.82 Å². The van der Waals surface area contributed by atoms with Gasteiger partial charge in [0.15, 0.2) is 0 Å². The van der Waals surface area contributed by atoms with E-state index in [1.54, 1.807) is 25.1 Å². The van der Waals surface area contributed by atoms with E-state index in [0.717, 1.165) is 0 Å². The number of halogens is 1. The summed E-state index contributed by atoms with van der Waals surface area (Å²) in [6, 6.07) is 6.59. The zero-order valence-corrected chi connectivity index (χ0v) is 9.34. The summed E-state index contributed by atoms with van der Waals surface area (Å²) in [5.41, 5.74) is 1.21. The van der Waals surface area contributed by atoms with Gasteiger partial charge >= 0.3 is 5.97 Å². The lowest BCUT2D eigenvalue weighted by atomic mass is 10.1. The van der Waals surface area contributed by atoms with Crippen LogP contribution < -0.4 is 0 Å². The van der Waals surface area contributed by atoms with Crippen LogP contribution in [0.5, 0.6) is 0 Å². The Labute approximate surface area is 96.0 Å². The molecule has 1 N–H and O–H groups in total. The first-order valence-electron chi connectivity index (χ1n) is 4.67. The fourth-order valence-corrected chi connectivity index (χ4v) is 2.33. The number of rotatable bonds is 2. The first-order valence-corrected chi connectivity index (χ1v) is 5.55. The molecule has 1 aromatic heterocycles. The van der Waals surface area contributed by atoms with Crippen LogP contribution in [0.4, 0.5) is 4.39 Å². The van der Waals surface area contributed by atoms with Crippen LogP contribution in [0.1, 0.15) is 15.9 Å². The number of hydrogen-bond acceptors (Lipinski definition) is 2. The van der Waals surface area contributed by atoms with E-state index in [1.165, 1.54) is 22.8 Å². The van der Waals surface area contributed by atoms with Crippen LogP contribution in [-0.2, 0) is 0 Å². The number of aryl methyl sites for hydroxylation is 1. The molecule has 0 saturated carbocycles. The van der Waals surface area contributed by atoms with E-state index in [1.807, 2.05) is 0 Å². The molecule has 0 aliphatic rings. The second kappa shape index (κ2) is 4.06. The van der Waals surface area contributed by atoms with Crippen molar-refractivity contribution in [3.63, 3.8) is 0 Å². The fourth-order valence-electron chi connectivity index (χ4n) is 1.43. The average Bonchev–Trinajstić information content (AvgIpc) is 2.71. The van der Waals surface area contributed by atoms with Crippen molar-refractivity contribution in [1.82, 2.24) is 0 Å². The monoisotopic (exact) mass is 236 g/mol. The normalized spacial score (nSPS) is 10.4. The SMILES string of the molecule is Cc1cccc(-c2cc(C(=O)O)cs2)c1F. The second-order valence-corrected chi connectivity index (χ2v) is 4.35. The highest BCUT2D eigenvalue weighted by atomic mass is 32.1. The Balaban J connectivity index is 2.50. The van der Waals surface area contributed by atoms with Crippen molar-refractivity contribution in [3.05, 3.63) is 46.6 Å². The van der Waals surface area contributed by atoms with Gasteiger partial charge in [0, 0.05) is 15.8 Å². The summed E-state index contributed by atoms with van der Waals surface area (Å²) < 4.78 is 13.8. The summed E-state index contributed by atoms with van der Waals surface area (Å²) >= 11 is 1.23. The van der Waals surface area contributed by atoms with Crippen molar-refractivity contribution in [2.24, 2.45) is 0 Å². The van der Waals surface area contributed by atoms with Crippen molar-refractivity contribution < 1.29 is 14.3 Å². The van der Waals surface area contributed by atoms with Gasteiger partial charge in [0.2, 0.25) is 0 Å². The molecule has 0 atom stereocenters. The quantitative estimate of drug-likeness (QED) is 0.865. The van der Waals surface area contributed by atoms with Crippen LogP contribution in [0, 0.1) is 12.7 Å².